The van der Waals surface area contributed by atoms with Crippen molar-refractivity contribution in [3.05, 3.63) is 24.3 Å². The number of para-hydroxylation sites is 2. The number of unbranched alkanes of at least 4 members (excludes halogenated alkanes) is 1. The molecule has 0 spiro atoms. The topological polar surface area (TPSA) is 59.6 Å². The van der Waals surface area contributed by atoms with Crippen LogP contribution in [0.5, 0.6) is 5.75 Å². The van der Waals surface area contributed by atoms with Gasteiger partial charge in [0.05, 0.1) is 18.9 Å². The van der Waals surface area contributed by atoms with Crippen LogP contribution in [-0.4, -0.2) is 31.9 Å². The first-order valence-corrected chi connectivity index (χ1v) is 8.68. The molecule has 0 saturated carbocycles. The molecule has 1 atom stereocenters. The van der Waals surface area contributed by atoms with Crippen molar-refractivity contribution >= 4 is 11.8 Å². The summed E-state index contributed by atoms with van der Waals surface area (Å²) in [6.45, 7) is 4.27. The number of piperidine rings is 1. The van der Waals surface area contributed by atoms with E-state index >= 15 is 0 Å². The van der Waals surface area contributed by atoms with E-state index in [0.717, 1.165) is 25.8 Å². The third-order valence-corrected chi connectivity index (χ3v) is 3.99. The van der Waals surface area contributed by atoms with E-state index < -0.39 is 6.09 Å². The van der Waals surface area contributed by atoms with Crippen LogP contribution < -0.4 is 15.4 Å². The molecule has 1 aliphatic rings. The molecule has 0 radical (unpaired) electrons. The first kappa shape index (κ1) is 17.6. The summed E-state index contributed by atoms with van der Waals surface area (Å²) in [5, 5.41) is 6.22. The highest BCUT2D eigenvalue weighted by Crippen LogP contribution is 2.24. The smallest absolute Gasteiger partial charge is 0.411 e. The van der Waals surface area contributed by atoms with E-state index in [0.29, 0.717) is 30.7 Å². The predicted molar refractivity (Wildman–Crippen MR) is 92.1 cm³/mol. The van der Waals surface area contributed by atoms with E-state index in [-0.39, 0.29) is 0 Å². The molecule has 5 heteroatoms. The summed E-state index contributed by atoms with van der Waals surface area (Å²) in [6, 6.07) is 7.92. The number of amides is 1. The number of carbonyl (C=O) groups is 1. The Labute approximate surface area is 138 Å². The van der Waals surface area contributed by atoms with Gasteiger partial charge in [-0.3, -0.25) is 5.32 Å². The summed E-state index contributed by atoms with van der Waals surface area (Å²) < 4.78 is 11.0. The van der Waals surface area contributed by atoms with Gasteiger partial charge in [0.25, 0.3) is 0 Å². The molecule has 1 unspecified atom stereocenters. The first-order valence-electron chi connectivity index (χ1n) is 8.68. The number of anilines is 1. The lowest BCUT2D eigenvalue weighted by Gasteiger charge is -2.23. The maximum absolute atomic E-state index is 11.9. The van der Waals surface area contributed by atoms with Gasteiger partial charge < -0.3 is 14.8 Å². The highest BCUT2D eigenvalue weighted by molar-refractivity contribution is 5.86. The average Bonchev–Trinajstić information content (AvgIpc) is 2.57. The second kappa shape index (κ2) is 10.1. The van der Waals surface area contributed by atoms with Gasteiger partial charge in [0.15, 0.2) is 0 Å². The molecule has 5 nitrogen and oxygen atoms in total. The molecule has 1 heterocycles. The van der Waals surface area contributed by atoms with E-state index in [1.54, 1.807) is 0 Å². The van der Waals surface area contributed by atoms with Crippen LogP contribution in [0.3, 0.4) is 0 Å². The highest BCUT2D eigenvalue weighted by Gasteiger charge is 2.13. The molecule has 1 amide bonds. The zero-order valence-corrected chi connectivity index (χ0v) is 14.0. The molecule has 23 heavy (non-hydrogen) atoms. The lowest BCUT2D eigenvalue weighted by Crippen LogP contribution is -2.35. The van der Waals surface area contributed by atoms with E-state index in [4.69, 9.17) is 9.47 Å². The summed E-state index contributed by atoms with van der Waals surface area (Å²) in [5.41, 5.74) is 0.657. The largest absolute Gasteiger partial charge is 0.491 e. The molecule has 1 fully saturated rings. The van der Waals surface area contributed by atoms with Crippen LogP contribution in [0.2, 0.25) is 0 Å². The van der Waals surface area contributed by atoms with E-state index in [9.17, 15) is 4.79 Å². The number of rotatable bonds is 8. The van der Waals surface area contributed by atoms with Crippen LogP contribution in [0.15, 0.2) is 24.3 Å². The number of hydrogen-bond donors (Lipinski definition) is 2. The Kier molecular flexibility index (Phi) is 7.73. The molecule has 0 aliphatic carbocycles. The molecule has 2 N–H and O–H groups in total. The van der Waals surface area contributed by atoms with E-state index in [1.807, 2.05) is 24.3 Å². The SMILES string of the molecule is CCCCOc1ccccc1NC(=O)OCCC1CCCCN1. The van der Waals surface area contributed by atoms with Crippen molar-refractivity contribution in [2.45, 2.75) is 51.5 Å². The van der Waals surface area contributed by atoms with Gasteiger partial charge in [0.2, 0.25) is 0 Å². The maximum Gasteiger partial charge on any atom is 0.411 e. The van der Waals surface area contributed by atoms with Gasteiger partial charge in [-0.2, -0.15) is 0 Å². The molecule has 128 valence electrons. The fourth-order valence-electron chi connectivity index (χ4n) is 2.63. The van der Waals surface area contributed by atoms with Crippen LogP contribution in [-0.2, 0) is 4.74 Å². The Morgan fingerprint density at radius 1 is 1.30 bits per heavy atom. The van der Waals surface area contributed by atoms with Crippen molar-refractivity contribution in [3.8, 4) is 5.75 Å². The number of hydrogen-bond acceptors (Lipinski definition) is 4. The van der Waals surface area contributed by atoms with E-state index in [1.165, 1.54) is 19.3 Å². The van der Waals surface area contributed by atoms with Gasteiger partial charge in [-0.1, -0.05) is 31.9 Å². The van der Waals surface area contributed by atoms with Crippen LogP contribution in [0.4, 0.5) is 10.5 Å². The van der Waals surface area contributed by atoms with Crippen molar-refractivity contribution in [1.82, 2.24) is 5.32 Å². The molecule has 1 aliphatic heterocycles. The lowest BCUT2D eigenvalue weighted by molar-refractivity contribution is 0.153. The fourth-order valence-corrected chi connectivity index (χ4v) is 2.63. The van der Waals surface area contributed by atoms with Gasteiger partial charge >= 0.3 is 6.09 Å². The third-order valence-electron chi connectivity index (χ3n) is 3.99. The normalized spacial score (nSPS) is 17.5. The number of carbonyl (C=O) groups excluding carboxylic acids is 1. The van der Waals surface area contributed by atoms with Crippen LogP contribution in [0, 0.1) is 0 Å². The first-order chi connectivity index (χ1) is 11.3. The zero-order valence-electron chi connectivity index (χ0n) is 14.0. The quantitative estimate of drug-likeness (QED) is 0.712. The van der Waals surface area contributed by atoms with E-state index in [2.05, 4.69) is 17.6 Å². The van der Waals surface area contributed by atoms with Crippen molar-refractivity contribution in [3.63, 3.8) is 0 Å². The Morgan fingerprint density at radius 3 is 2.96 bits per heavy atom. The maximum atomic E-state index is 11.9. The molecule has 0 aromatic heterocycles. The number of nitrogens with one attached hydrogen (secondary N) is 2. The van der Waals surface area contributed by atoms with Crippen molar-refractivity contribution < 1.29 is 14.3 Å². The van der Waals surface area contributed by atoms with Crippen LogP contribution in [0.1, 0.15) is 45.4 Å². The lowest BCUT2D eigenvalue weighted by atomic mass is 10.0. The van der Waals surface area contributed by atoms with Crippen molar-refractivity contribution in [2.75, 3.05) is 25.1 Å². The van der Waals surface area contributed by atoms with Crippen LogP contribution >= 0.6 is 0 Å². The molecule has 1 aromatic carbocycles. The van der Waals surface area contributed by atoms with Gasteiger partial charge in [0.1, 0.15) is 5.75 Å². The standard InChI is InChI=1S/C18H28N2O3/c1-2-3-13-22-17-10-5-4-9-16(17)20-18(21)23-14-11-15-8-6-7-12-19-15/h4-5,9-10,15,19H,2-3,6-8,11-14H2,1H3,(H,20,21). The number of benzene rings is 1. The molecule has 1 saturated heterocycles. The summed E-state index contributed by atoms with van der Waals surface area (Å²) >= 11 is 0. The van der Waals surface area contributed by atoms with Gasteiger partial charge in [-0.05, 0) is 44.4 Å². The Hall–Kier alpha value is -1.75. The minimum Gasteiger partial charge on any atom is -0.491 e. The Morgan fingerprint density at radius 2 is 2.17 bits per heavy atom. The Balaban J connectivity index is 1.73. The second-order valence-corrected chi connectivity index (χ2v) is 5.89. The number of ether oxygens (including phenoxy) is 2. The van der Waals surface area contributed by atoms with Crippen LogP contribution in [0.25, 0.3) is 0 Å². The minimum absolute atomic E-state index is 0.424. The third kappa shape index (κ3) is 6.48. The summed E-state index contributed by atoms with van der Waals surface area (Å²) in [4.78, 5) is 11.9. The summed E-state index contributed by atoms with van der Waals surface area (Å²) in [6.07, 6.45) is 6.17. The second-order valence-electron chi connectivity index (χ2n) is 5.89. The fraction of sp³-hybridized carbons (Fsp3) is 0.611. The molecule has 2 rings (SSSR count). The van der Waals surface area contributed by atoms with Gasteiger partial charge in [0, 0.05) is 6.04 Å². The molecule has 0 bridgehead atoms. The Bertz CT molecular complexity index is 473. The summed E-state index contributed by atoms with van der Waals surface area (Å²) in [7, 11) is 0. The van der Waals surface area contributed by atoms with Gasteiger partial charge in [-0.25, -0.2) is 4.79 Å². The predicted octanol–water partition coefficient (Wildman–Crippen LogP) is 3.95. The molecular formula is C18H28N2O3. The monoisotopic (exact) mass is 320 g/mol. The highest BCUT2D eigenvalue weighted by atomic mass is 16.5. The van der Waals surface area contributed by atoms with Crippen molar-refractivity contribution in [1.29, 1.82) is 0 Å². The van der Waals surface area contributed by atoms with Crippen molar-refractivity contribution in [2.24, 2.45) is 0 Å². The van der Waals surface area contributed by atoms with Gasteiger partial charge in [-0.15, -0.1) is 0 Å². The zero-order chi connectivity index (χ0) is 16.3. The molecular weight excluding hydrogens is 292 g/mol. The average molecular weight is 320 g/mol. The molecule has 1 aromatic rings. The summed E-state index contributed by atoms with van der Waals surface area (Å²) in [5.74, 6) is 0.687. The minimum atomic E-state index is -0.424.